The minimum atomic E-state index is 0.214. The highest BCUT2D eigenvalue weighted by molar-refractivity contribution is 5.77. The Morgan fingerprint density at radius 1 is 1.47 bits per heavy atom. The molecular weight excluding hydrogens is 190 g/mol. The number of ketones is 1. The summed E-state index contributed by atoms with van der Waals surface area (Å²) < 4.78 is 0. The predicted molar refractivity (Wildman–Crippen MR) is 59.5 cm³/mol. The summed E-state index contributed by atoms with van der Waals surface area (Å²) in [5, 5.41) is 0. The number of rotatable bonds is 4. The molecule has 0 bridgehead atoms. The smallest absolute Gasteiger partial charge is 0.222 e. The van der Waals surface area contributed by atoms with Crippen molar-refractivity contribution in [2.45, 2.75) is 46.0 Å². The van der Waals surface area contributed by atoms with Gasteiger partial charge in [-0.15, -0.1) is 0 Å². The number of carbonyl (C=O) groups excluding carboxylic acids is 2. The molecule has 1 amide bonds. The molecule has 0 saturated carbocycles. The Balaban J connectivity index is 2.32. The van der Waals surface area contributed by atoms with Crippen molar-refractivity contribution in [1.82, 2.24) is 4.90 Å². The van der Waals surface area contributed by atoms with Gasteiger partial charge in [0.2, 0.25) is 5.91 Å². The molecule has 1 unspecified atom stereocenters. The lowest BCUT2D eigenvalue weighted by molar-refractivity contribution is -0.131. The molecule has 1 aliphatic rings. The number of hydrogen-bond acceptors (Lipinski definition) is 2. The van der Waals surface area contributed by atoms with Crippen molar-refractivity contribution >= 4 is 11.7 Å². The van der Waals surface area contributed by atoms with Crippen molar-refractivity contribution in [3.8, 4) is 0 Å². The molecule has 0 aromatic heterocycles. The second-order valence-corrected chi connectivity index (χ2v) is 4.62. The van der Waals surface area contributed by atoms with Gasteiger partial charge in [-0.3, -0.25) is 4.79 Å². The fraction of sp³-hybridized carbons (Fsp3) is 0.833. The van der Waals surface area contributed by atoms with Gasteiger partial charge in [-0.05, 0) is 32.1 Å². The molecule has 0 aromatic carbocycles. The van der Waals surface area contributed by atoms with E-state index < -0.39 is 0 Å². The molecule has 1 rings (SSSR count). The molecule has 1 saturated heterocycles. The molecular formula is C12H21NO2. The highest BCUT2D eigenvalue weighted by Crippen LogP contribution is 2.17. The monoisotopic (exact) mass is 211 g/mol. The summed E-state index contributed by atoms with van der Waals surface area (Å²) >= 11 is 0. The van der Waals surface area contributed by atoms with Crippen LogP contribution in [0, 0.1) is 5.92 Å². The molecule has 3 heteroatoms. The molecule has 0 radical (unpaired) electrons. The number of Topliss-reactive ketones (excluding diaryl/α,β-unsaturated/α-hetero) is 1. The van der Waals surface area contributed by atoms with E-state index in [-0.39, 0.29) is 11.7 Å². The van der Waals surface area contributed by atoms with E-state index in [4.69, 9.17) is 0 Å². The van der Waals surface area contributed by atoms with Crippen LogP contribution in [-0.2, 0) is 9.59 Å². The lowest BCUT2D eigenvalue weighted by Gasteiger charge is -2.20. The minimum absolute atomic E-state index is 0.214. The Kier molecular flexibility index (Phi) is 4.79. The molecule has 0 aliphatic carbocycles. The van der Waals surface area contributed by atoms with Gasteiger partial charge in [-0.25, -0.2) is 0 Å². The zero-order valence-electron chi connectivity index (χ0n) is 9.79. The third kappa shape index (κ3) is 4.45. The van der Waals surface area contributed by atoms with Crippen molar-refractivity contribution in [2.24, 2.45) is 5.92 Å². The average molecular weight is 211 g/mol. The van der Waals surface area contributed by atoms with E-state index in [1.807, 2.05) is 4.90 Å². The maximum absolute atomic E-state index is 11.7. The van der Waals surface area contributed by atoms with Crippen LogP contribution in [0.2, 0.25) is 0 Å². The molecule has 0 aromatic rings. The highest BCUT2D eigenvalue weighted by Gasteiger charge is 2.19. The van der Waals surface area contributed by atoms with Gasteiger partial charge in [-0.2, -0.15) is 0 Å². The van der Waals surface area contributed by atoms with E-state index in [0.717, 1.165) is 32.4 Å². The third-order valence-corrected chi connectivity index (χ3v) is 3.05. The zero-order valence-corrected chi connectivity index (χ0v) is 9.79. The normalized spacial score (nSPS) is 22.7. The largest absolute Gasteiger partial charge is 0.343 e. The first-order valence-electron chi connectivity index (χ1n) is 5.87. The maximum Gasteiger partial charge on any atom is 0.222 e. The molecule has 0 spiro atoms. The Labute approximate surface area is 91.8 Å². The van der Waals surface area contributed by atoms with E-state index in [0.29, 0.717) is 18.8 Å². The van der Waals surface area contributed by atoms with Crippen molar-refractivity contribution in [2.75, 3.05) is 13.1 Å². The van der Waals surface area contributed by atoms with Crippen LogP contribution in [-0.4, -0.2) is 29.7 Å². The SMILES string of the molecule is CC(=O)CCCN1CCC(C)CCC1=O. The number of carbonyl (C=O) groups is 2. The van der Waals surface area contributed by atoms with Gasteiger partial charge in [-0.1, -0.05) is 6.92 Å². The van der Waals surface area contributed by atoms with Crippen LogP contribution in [0.5, 0.6) is 0 Å². The fourth-order valence-electron chi connectivity index (χ4n) is 1.93. The first-order chi connectivity index (χ1) is 7.09. The van der Waals surface area contributed by atoms with E-state index in [1.54, 1.807) is 6.92 Å². The number of amides is 1. The quantitative estimate of drug-likeness (QED) is 0.713. The van der Waals surface area contributed by atoms with Crippen LogP contribution in [0.4, 0.5) is 0 Å². The Hall–Kier alpha value is -0.860. The Morgan fingerprint density at radius 2 is 2.20 bits per heavy atom. The summed E-state index contributed by atoms with van der Waals surface area (Å²) in [6.07, 6.45) is 4.21. The summed E-state index contributed by atoms with van der Waals surface area (Å²) in [7, 11) is 0. The van der Waals surface area contributed by atoms with Gasteiger partial charge in [0.1, 0.15) is 5.78 Å². The fourth-order valence-corrected chi connectivity index (χ4v) is 1.93. The topological polar surface area (TPSA) is 37.4 Å². The lowest BCUT2D eigenvalue weighted by atomic mass is 10.0. The Morgan fingerprint density at radius 3 is 2.87 bits per heavy atom. The van der Waals surface area contributed by atoms with E-state index in [2.05, 4.69) is 6.92 Å². The van der Waals surface area contributed by atoms with Crippen LogP contribution in [0.3, 0.4) is 0 Å². The van der Waals surface area contributed by atoms with Crippen LogP contribution < -0.4 is 0 Å². The molecule has 86 valence electrons. The summed E-state index contributed by atoms with van der Waals surface area (Å²) in [5.41, 5.74) is 0. The number of likely N-dealkylation sites (tertiary alicyclic amines) is 1. The van der Waals surface area contributed by atoms with E-state index in [9.17, 15) is 9.59 Å². The minimum Gasteiger partial charge on any atom is -0.343 e. The van der Waals surface area contributed by atoms with Gasteiger partial charge in [0.05, 0.1) is 0 Å². The second kappa shape index (κ2) is 5.89. The Bertz CT molecular complexity index is 238. The van der Waals surface area contributed by atoms with Crippen molar-refractivity contribution < 1.29 is 9.59 Å². The molecule has 15 heavy (non-hydrogen) atoms. The van der Waals surface area contributed by atoms with Crippen molar-refractivity contribution in [3.63, 3.8) is 0 Å². The molecule has 3 nitrogen and oxygen atoms in total. The first-order valence-corrected chi connectivity index (χ1v) is 5.87. The van der Waals surface area contributed by atoms with E-state index in [1.165, 1.54) is 0 Å². The van der Waals surface area contributed by atoms with E-state index >= 15 is 0 Å². The molecule has 1 heterocycles. The average Bonchev–Trinajstić information content (AvgIpc) is 2.32. The highest BCUT2D eigenvalue weighted by atomic mass is 16.2. The second-order valence-electron chi connectivity index (χ2n) is 4.62. The zero-order chi connectivity index (χ0) is 11.3. The third-order valence-electron chi connectivity index (χ3n) is 3.05. The first kappa shape index (κ1) is 12.2. The summed E-state index contributed by atoms with van der Waals surface area (Å²) in [4.78, 5) is 24.4. The predicted octanol–water partition coefficient (Wildman–Crippen LogP) is 2.00. The molecule has 1 aliphatic heterocycles. The van der Waals surface area contributed by atoms with Crippen molar-refractivity contribution in [1.29, 1.82) is 0 Å². The van der Waals surface area contributed by atoms with Crippen LogP contribution in [0.15, 0.2) is 0 Å². The van der Waals surface area contributed by atoms with Gasteiger partial charge < -0.3 is 9.69 Å². The summed E-state index contributed by atoms with van der Waals surface area (Å²) in [6, 6.07) is 0. The van der Waals surface area contributed by atoms with Gasteiger partial charge in [0, 0.05) is 25.9 Å². The molecule has 1 atom stereocenters. The molecule has 0 N–H and O–H groups in total. The van der Waals surface area contributed by atoms with Crippen LogP contribution in [0.25, 0.3) is 0 Å². The molecule has 1 fully saturated rings. The van der Waals surface area contributed by atoms with Gasteiger partial charge in [0.25, 0.3) is 0 Å². The van der Waals surface area contributed by atoms with Crippen LogP contribution >= 0.6 is 0 Å². The summed E-state index contributed by atoms with van der Waals surface area (Å²) in [5.74, 6) is 1.14. The summed E-state index contributed by atoms with van der Waals surface area (Å²) in [6.45, 7) is 5.43. The van der Waals surface area contributed by atoms with Gasteiger partial charge in [0.15, 0.2) is 0 Å². The number of hydrogen-bond donors (Lipinski definition) is 0. The standard InChI is InChI=1S/C12H21NO2/c1-10-5-6-12(15)13(9-7-10)8-3-4-11(2)14/h10H,3-9H2,1-2H3. The number of nitrogens with zero attached hydrogens (tertiary/aromatic N) is 1. The van der Waals surface area contributed by atoms with Crippen molar-refractivity contribution in [3.05, 3.63) is 0 Å². The maximum atomic E-state index is 11.7. The van der Waals surface area contributed by atoms with Crippen LogP contribution in [0.1, 0.15) is 46.0 Å². The van der Waals surface area contributed by atoms with Gasteiger partial charge >= 0.3 is 0 Å². The lowest BCUT2D eigenvalue weighted by Crippen LogP contribution is -2.31.